The van der Waals surface area contributed by atoms with E-state index in [1.54, 1.807) is 19.1 Å². The lowest BCUT2D eigenvalue weighted by Gasteiger charge is -2.14. The van der Waals surface area contributed by atoms with Crippen LogP contribution in [0.3, 0.4) is 0 Å². The number of amides is 2. The van der Waals surface area contributed by atoms with E-state index < -0.39 is 12.1 Å². The number of carbonyl (C=O) groups is 2. The van der Waals surface area contributed by atoms with Gasteiger partial charge in [-0.2, -0.15) is 0 Å². The number of rotatable bonds is 6. The first-order valence-corrected chi connectivity index (χ1v) is 7.92. The number of hydrogen-bond donors (Lipinski definition) is 2. The number of halogens is 1. The summed E-state index contributed by atoms with van der Waals surface area (Å²) in [7, 11) is 0. The number of hydrogen-bond acceptors (Lipinski definition) is 3. The molecule has 0 unspecified atom stereocenters. The third-order valence-electron chi connectivity index (χ3n) is 3.32. The van der Waals surface area contributed by atoms with Crippen LogP contribution >= 0.6 is 11.6 Å². The molecule has 0 spiro atoms. The van der Waals surface area contributed by atoms with Crippen molar-refractivity contribution in [2.75, 3.05) is 0 Å². The van der Waals surface area contributed by atoms with Crippen LogP contribution in [0.5, 0.6) is 0 Å². The van der Waals surface area contributed by atoms with Crippen molar-refractivity contribution in [3.63, 3.8) is 0 Å². The molecule has 2 aromatic carbocycles. The second-order valence-corrected chi connectivity index (χ2v) is 5.71. The van der Waals surface area contributed by atoms with E-state index in [2.05, 4.69) is 10.6 Å². The normalized spacial score (nSPS) is 11.4. The minimum absolute atomic E-state index is 0.159. The monoisotopic (exact) mass is 346 g/mol. The first-order chi connectivity index (χ1) is 11.5. The summed E-state index contributed by atoms with van der Waals surface area (Å²) in [5.41, 5.74) is 1.80. The maximum Gasteiger partial charge on any atom is 0.408 e. The van der Waals surface area contributed by atoms with Crippen molar-refractivity contribution in [3.05, 3.63) is 70.7 Å². The molecule has 0 radical (unpaired) electrons. The van der Waals surface area contributed by atoms with Crippen LogP contribution in [0.2, 0.25) is 5.02 Å². The van der Waals surface area contributed by atoms with Crippen molar-refractivity contribution in [2.45, 2.75) is 26.1 Å². The fraction of sp³-hybridized carbons (Fsp3) is 0.222. The molecule has 2 N–H and O–H groups in total. The van der Waals surface area contributed by atoms with Crippen LogP contribution < -0.4 is 10.6 Å². The highest BCUT2D eigenvalue weighted by atomic mass is 35.5. The topological polar surface area (TPSA) is 67.4 Å². The average Bonchev–Trinajstić information content (AvgIpc) is 2.60. The van der Waals surface area contributed by atoms with Crippen LogP contribution in [-0.4, -0.2) is 18.0 Å². The number of benzene rings is 2. The van der Waals surface area contributed by atoms with Gasteiger partial charge < -0.3 is 15.4 Å². The lowest BCUT2D eigenvalue weighted by atomic mass is 10.2. The van der Waals surface area contributed by atoms with Crippen LogP contribution in [0.1, 0.15) is 18.1 Å². The summed E-state index contributed by atoms with van der Waals surface area (Å²) in [6.45, 7) is 2.12. The molecular weight excluding hydrogens is 328 g/mol. The van der Waals surface area contributed by atoms with E-state index in [-0.39, 0.29) is 12.5 Å². The molecule has 126 valence electrons. The van der Waals surface area contributed by atoms with E-state index in [0.29, 0.717) is 11.6 Å². The molecule has 2 amide bonds. The maximum atomic E-state index is 12.0. The number of alkyl carbamates (subject to hydrolysis) is 1. The Morgan fingerprint density at radius 2 is 1.71 bits per heavy atom. The lowest BCUT2D eigenvalue weighted by molar-refractivity contribution is -0.122. The van der Waals surface area contributed by atoms with Gasteiger partial charge in [0.05, 0.1) is 0 Å². The van der Waals surface area contributed by atoms with Crippen LogP contribution in [0.4, 0.5) is 4.79 Å². The van der Waals surface area contributed by atoms with Gasteiger partial charge in [0.25, 0.3) is 0 Å². The first kappa shape index (κ1) is 17.8. The number of ether oxygens (including phenoxy) is 1. The van der Waals surface area contributed by atoms with Crippen molar-refractivity contribution in [1.29, 1.82) is 0 Å². The minimum Gasteiger partial charge on any atom is -0.445 e. The van der Waals surface area contributed by atoms with Gasteiger partial charge in [-0.15, -0.1) is 0 Å². The van der Waals surface area contributed by atoms with E-state index in [4.69, 9.17) is 16.3 Å². The van der Waals surface area contributed by atoms with Crippen LogP contribution in [-0.2, 0) is 22.7 Å². The van der Waals surface area contributed by atoms with Gasteiger partial charge in [0, 0.05) is 11.6 Å². The Bertz CT molecular complexity index is 674. The van der Waals surface area contributed by atoms with E-state index in [1.807, 2.05) is 42.5 Å². The van der Waals surface area contributed by atoms with E-state index >= 15 is 0 Å². The Balaban J connectivity index is 1.72. The molecule has 24 heavy (non-hydrogen) atoms. The molecule has 0 aliphatic heterocycles. The van der Waals surface area contributed by atoms with Gasteiger partial charge >= 0.3 is 6.09 Å². The van der Waals surface area contributed by atoms with Crippen molar-refractivity contribution in [3.8, 4) is 0 Å². The summed E-state index contributed by atoms with van der Waals surface area (Å²) < 4.78 is 5.08. The maximum absolute atomic E-state index is 12.0. The average molecular weight is 347 g/mol. The molecule has 0 saturated carbocycles. The Hall–Kier alpha value is -2.53. The van der Waals surface area contributed by atoms with Crippen molar-refractivity contribution < 1.29 is 14.3 Å². The van der Waals surface area contributed by atoms with Gasteiger partial charge in [0.2, 0.25) is 5.91 Å². The Labute approximate surface area is 146 Å². The van der Waals surface area contributed by atoms with Crippen molar-refractivity contribution in [2.24, 2.45) is 0 Å². The number of carbonyl (C=O) groups excluding carboxylic acids is 2. The molecule has 1 atom stereocenters. The van der Waals surface area contributed by atoms with E-state index in [1.165, 1.54) is 0 Å². The van der Waals surface area contributed by atoms with E-state index in [0.717, 1.165) is 11.1 Å². The fourth-order valence-corrected chi connectivity index (χ4v) is 2.08. The standard InChI is InChI=1S/C18H19ClN2O3/c1-13(17(22)20-11-14-7-9-16(19)10-8-14)21-18(23)24-12-15-5-3-2-4-6-15/h2-10,13H,11-12H2,1H3,(H,20,22)(H,21,23)/t13-/m0/s1. The predicted molar refractivity (Wildman–Crippen MR) is 92.5 cm³/mol. The van der Waals surface area contributed by atoms with Crippen LogP contribution in [0, 0.1) is 0 Å². The third-order valence-corrected chi connectivity index (χ3v) is 3.57. The van der Waals surface area contributed by atoms with Crippen molar-refractivity contribution >= 4 is 23.6 Å². The second-order valence-electron chi connectivity index (χ2n) is 5.27. The molecule has 2 aromatic rings. The summed E-state index contributed by atoms with van der Waals surface area (Å²) in [6.07, 6.45) is -0.631. The predicted octanol–water partition coefficient (Wildman–Crippen LogP) is 3.27. The zero-order valence-electron chi connectivity index (χ0n) is 13.3. The van der Waals surface area contributed by atoms with Crippen LogP contribution in [0.15, 0.2) is 54.6 Å². The molecule has 0 aliphatic carbocycles. The molecule has 5 nitrogen and oxygen atoms in total. The van der Waals surface area contributed by atoms with Gasteiger partial charge in [-0.3, -0.25) is 4.79 Å². The zero-order valence-corrected chi connectivity index (χ0v) is 14.0. The summed E-state index contributed by atoms with van der Waals surface area (Å²) in [4.78, 5) is 23.7. The molecule has 2 rings (SSSR count). The third kappa shape index (κ3) is 5.93. The van der Waals surface area contributed by atoms with E-state index in [9.17, 15) is 9.59 Å². The zero-order chi connectivity index (χ0) is 17.4. The minimum atomic E-state index is -0.694. The molecule has 0 bridgehead atoms. The molecule has 0 aliphatic rings. The second kappa shape index (κ2) is 8.93. The highest BCUT2D eigenvalue weighted by Crippen LogP contribution is 2.09. The molecule has 0 saturated heterocycles. The summed E-state index contributed by atoms with van der Waals surface area (Å²) >= 11 is 5.81. The van der Waals surface area contributed by atoms with Gasteiger partial charge in [0.1, 0.15) is 12.6 Å². The highest BCUT2D eigenvalue weighted by Gasteiger charge is 2.16. The molecule has 0 fully saturated rings. The quantitative estimate of drug-likeness (QED) is 0.843. The van der Waals surface area contributed by atoms with Crippen molar-refractivity contribution in [1.82, 2.24) is 10.6 Å². The van der Waals surface area contributed by atoms with Gasteiger partial charge in [-0.1, -0.05) is 54.1 Å². The van der Waals surface area contributed by atoms with Crippen LogP contribution in [0.25, 0.3) is 0 Å². The Morgan fingerprint density at radius 3 is 2.38 bits per heavy atom. The molecular formula is C18H19ClN2O3. The smallest absolute Gasteiger partial charge is 0.408 e. The fourth-order valence-electron chi connectivity index (χ4n) is 1.95. The van der Waals surface area contributed by atoms with Gasteiger partial charge in [0.15, 0.2) is 0 Å². The molecule has 6 heteroatoms. The summed E-state index contributed by atoms with van der Waals surface area (Å²) in [6, 6.07) is 15.8. The summed E-state index contributed by atoms with van der Waals surface area (Å²) in [5, 5.41) is 5.89. The van der Waals surface area contributed by atoms with Gasteiger partial charge in [-0.25, -0.2) is 4.79 Å². The SMILES string of the molecule is C[C@H](NC(=O)OCc1ccccc1)C(=O)NCc1ccc(Cl)cc1. The highest BCUT2D eigenvalue weighted by molar-refractivity contribution is 6.30. The Morgan fingerprint density at radius 1 is 1.04 bits per heavy atom. The number of nitrogens with one attached hydrogen (secondary N) is 2. The largest absolute Gasteiger partial charge is 0.445 e. The molecule has 0 aromatic heterocycles. The lowest BCUT2D eigenvalue weighted by Crippen LogP contribution is -2.44. The van der Waals surface area contributed by atoms with Gasteiger partial charge in [-0.05, 0) is 30.2 Å². The first-order valence-electron chi connectivity index (χ1n) is 7.54. The summed E-state index contributed by atoms with van der Waals surface area (Å²) in [5.74, 6) is -0.290. The molecule has 0 heterocycles. The Kier molecular flexibility index (Phi) is 6.63.